The van der Waals surface area contributed by atoms with Crippen molar-refractivity contribution in [2.24, 2.45) is 5.16 Å². The van der Waals surface area contributed by atoms with Gasteiger partial charge in [0.2, 0.25) is 0 Å². The molecule has 0 aliphatic rings. The summed E-state index contributed by atoms with van der Waals surface area (Å²) in [6.07, 6.45) is 1.78. The highest BCUT2D eigenvalue weighted by Crippen LogP contribution is 2.21. The van der Waals surface area contributed by atoms with Gasteiger partial charge < -0.3 is 14.9 Å². The van der Waals surface area contributed by atoms with Gasteiger partial charge in [-0.15, -0.1) is 0 Å². The number of hydrogen-bond donors (Lipinski definition) is 1. The summed E-state index contributed by atoms with van der Waals surface area (Å²) in [7, 11) is 2.94. The first-order valence-corrected chi connectivity index (χ1v) is 8.89. The van der Waals surface area contributed by atoms with E-state index in [1.165, 1.54) is 7.11 Å². The molecule has 26 heavy (non-hydrogen) atoms. The van der Waals surface area contributed by atoms with Crippen LogP contribution in [-0.2, 0) is 16.2 Å². The van der Waals surface area contributed by atoms with Crippen molar-refractivity contribution >= 4 is 45.2 Å². The van der Waals surface area contributed by atoms with Crippen molar-refractivity contribution in [1.82, 2.24) is 5.32 Å². The predicted octanol–water partition coefficient (Wildman–Crippen LogP) is 4.29. The highest BCUT2D eigenvalue weighted by Gasteiger charge is 2.17. The fourth-order valence-electron chi connectivity index (χ4n) is 2.28. The van der Waals surface area contributed by atoms with Crippen LogP contribution in [0.4, 0.5) is 0 Å². The third-order valence-corrected chi connectivity index (χ3v) is 3.76. The Kier molecular flexibility index (Phi) is 7.69. The van der Waals surface area contributed by atoms with E-state index in [1.807, 2.05) is 42.5 Å². The summed E-state index contributed by atoms with van der Waals surface area (Å²) < 4.78 is 6.39. The first-order valence-electron chi connectivity index (χ1n) is 7.72. The van der Waals surface area contributed by atoms with Crippen LogP contribution >= 0.6 is 27.5 Å². The molecule has 0 heterocycles. The van der Waals surface area contributed by atoms with Gasteiger partial charge in [0.25, 0.3) is 5.91 Å². The molecule has 5 nitrogen and oxygen atoms in total. The van der Waals surface area contributed by atoms with E-state index in [1.54, 1.807) is 19.2 Å². The quantitative estimate of drug-likeness (QED) is 0.519. The van der Waals surface area contributed by atoms with Gasteiger partial charge in [-0.3, -0.25) is 4.79 Å². The van der Waals surface area contributed by atoms with Crippen LogP contribution in [0.3, 0.4) is 0 Å². The molecular formula is C19H18BrClN2O3. The predicted molar refractivity (Wildman–Crippen MR) is 108 cm³/mol. The zero-order valence-corrected chi connectivity index (χ0v) is 16.7. The Morgan fingerprint density at radius 1 is 1.27 bits per heavy atom. The molecule has 0 fully saturated rings. The van der Waals surface area contributed by atoms with Gasteiger partial charge in [-0.05, 0) is 45.3 Å². The summed E-state index contributed by atoms with van der Waals surface area (Å²) in [4.78, 5) is 16.9. The van der Waals surface area contributed by atoms with E-state index in [4.69, 9.17) is 21.2 Å². The third kappa shape index (κ3) is 5.61. The van der Waals surface area contributed by atoms with Gasteiger partial charge in [-0.1, -0.05) is 53.2 Å². The molecule has 0 aliphatic carbocycles. The summed E-state index contributed by atoms with van der Waals surface area (Å²) in [5.41, 5.74) is 2.56. The number of carbonyl (C=O) groups is 1. The molecule has 2 aromatic carbocycles. The summed E-state index contributed by atoms with van der Waals surface area (Å²) >= 11 is 9.04. The lowest BCUT2D eigenvalue weighted by Crippen LogP contribution is -2.29. The molecule has 1 N–H and O–H groups in total. The highest BCUT2D eigenvalue weighted by molar-refractivity contribution is 9.12. The van der Waals surface area contributed by atoms with Crippen LogP contribution in [0, 0.1) is 0 Å². The summed E-state index contributed by atoms with van der Waals surface area (Å²) in [5, 5.41) is 6.41. The van der Waals surface area contributed by atoms with Crippen LogP contribution < -0.4 is 10.1 Å². The maximum atomic E-state index is 12.1. The van der Waals surface area contributed by atoms with E-state index in [-0.39, 0.29) is 18.2 Å². The number of hydrogen-bond acceptors (Lipinski definition) is 4. The number of carbonyl (C=O) groups excluding carboxylic acids is 1. The van der Waals surface area contributed by atoms with Gasteiger partial charge in [0.1, 0.15) is 19.5 Å². The number of benzene rings is 2. The average Bonchev–Trinajstić information content (AvgIpc) is 2.64. The number of halogens is 2. The SMILES string of the molecule is CNC(=O)/C(=N/OC)c1ccccc1COc1cccc(/C=C(\Cl)Br)c1. The maximum absolute atomic E-state index is 12.1. The molecule has 0 aromatic heterocycles. The van der Waals surface area contributed by atoms with E-state index in [0.29, 0.717) is 15.3 Å². The van der Waals surface area contributed by atoms with E-state index >= 15 is 0 Å². The highest BCUT2D eigenvalue weighted by atomic mass is 79.9. The molecule has 136 valence electrons. The van der Waals surface area contributed by atoms with Crippen molar-refractivity contribution in [3.63, 3.8) is 0 Å². The Hall–Kier alpha value is -2.31. The van der Waals surface area contributed by atoms with Crippen molar-refractivity contribution in [2.75, 3.05) is 14.2 Å². The Bertz CT molecular complexity index is 833. The second-order valence-electron chi connectivity index (χ2n) is 5.15. The van der Waals surface area contributed by atoms with E-state index < -0.39 is 0 Å². The molecule has 2 aromatic rings. The van der Waals surface area contributed by atoms with Crippen molar-refractivity contribution in [3.8, 4) is 5.75 Å². The molecule has 0 spiro atoms. The van der Waals surface area contributed by atoms with Crippen molar-refractivity contribution in [1.29, 1.82) is 0 Å². The molecule has 1 amide bonds. The Labute approximate surface area is 165 Å². The van der Waals surface area contributed by atoms with E-state index in [2.05, 4.69) is 26.4 Å². The standard InChI is InChI=1S/C19H18BrClN2O3/c1-22-19(24)18(23-25-2)16-9-4-3-7-14(16)12-26-15-8-5-6-13(10-15)11-17(20)21/h3-11H,12H2,1-2H3,(H,22,24)/b17-11-,23-18+. The van der Waals surface area contributed by atoms with Gasteiger partial charge >= 0.3 is 0 Å². The van der Waals surface area contributed by atoms with Gasteiger partial charge in [0.05, 0.1) is 3.94 Å². The van der Waals surface area contributed by atoms with Crippen LogP contribution in [-0.4, -0.2) is 25.8 Å². The Morgan fingerprint density at radius 2 is 2.04 bits per heavy atom. The first-order chi connectivity index (χ1) is 12.5. The molecule has 0 bridgehead atoms. The zero-order valence-electron chi connectivity index (χ0n) is 14.3. The molecule has 0 atom stereocenters. The second kappa shape index (κ2) is 9.99. The molecule has 2 rings (SSSR count). The number of nitrogens with one attached hydrogen (secondary N) is 1. The molecule has 0 aliphatic heterocycles. The molecule has 0 unspecified atom stereocenters. The van der Waals surface area contributed by atoms with Gasteiger partial charge in [-0.25, -0.2) is 0 Å². The zero-order chi connectivity index (χ0) is 18.9. The minimum atomic E-state index is -0.335. The third-order valence-electron chi connectivity index (χ3n) is 3.43. The van der Waals surface area contributed by atoms with E-state index in [9.17, 15) is 4.79 Å². The minimum absolute atomic E-state index is 0.192. The molecule has 0 saturated heterocycles. The smallest absolute Gasteiger partial charge is 0.273 e. The molecule has 0 saturated carbocycles. The fraction of sp³-hybridized carbons (Fsp3) is 0.158. The second-order valence-corrected chi connectivity index (χ2v) is 6.87. The van der Waals surface area contributed by atoms with Gasteiger partial charge in [0, 0.05) is 12.6 Å². The molecule has 7 heteroatoms. The minimum Gasteiger partial charge on any atom is -0.489 e. The number of nitrogens with zero attached hydrogens (tertiary/aromatic N) is 1. The van der Waals surface area contributed by atoms with Crippen molar-refractivity contribution in [2.45, 2.75) is 6.61 Å². The Balaban J connectivity index is 2.25. The number of rotatable bonds is 7. The topological polar surface area (TPSA) is 59.9 Å². The number of oxime groups is 1. The lowest BCUT2D eigenvalue weighted by atomic mass is 10.0. The van der Waals surface area contributed by atoms with Crippen LogP contribution in [0.15, 0.2) is 57.6 Å². The summed E-state index contributed by atoms with van der Waals surface area (Å²) in [5.74, 6) is 0.350. The van der Waals surface area contributed by atoms with Crippen molar-refractivity contribution in [3.05, 3.63) is 69.2 Å². The average molecular weight is 438 g/mol. The van der Waals surface area contributed by atoms with Gasteiger partial charge in [-0.2, -0.15) is 0 Å². The van der Waals surface area contributed by atoms with Crippen LogP contribution in [0.2, 0.25) is 0 Å². The Morgan fingerprint density at radius 3 is 2.73 bits per heavy atom. The molecular weight excluding hydrogens is 420 g/mol. The van der Waals surface area contributed by atoms with Crippen LogP contribution in [0.1, 0.15) is 16.7 Å². The van der Waals surface area contributed by atoms with E-state index in [0.717, 1.165) is 11.1 Å². The first kappa shape index (κ1) is 20.0. The number of likely N-dealkylation sites (N-methyl/N-ethyl adjacent to an activating group) is 1. The van der Waals surface area contributed by atoms with Crippen LogP contribution in [0.25, 0.3) is 6.08 Å². The van der Waals surface area contributed by atoms with Crippen LogP contribution in [0.5, 0.6) is 5.75 Å². The summed E-state index contributed by atoms with van der Waals surface area (Å²) in [6, 6.07) is 14.9. The number of amides is 1. The van der Waals surface area contributed by atoms with Crippen molar-refractivity contribution < 1.29 is 14.4 Å². The largest absolute Gasteiger partial charge is 0.489 e. The lowest BCUT2D eigenvalue weighted by molar-refractivity contribution is -0.114. The monoisotopic (exact) mass is 436 g/mol. The summed E-state index contributed by atoms with van der Waals surface area (Å²) in [6.45, 7) is 0.269. The fourth-order valence-corrected chi connectivity index (χ4v) is 2.67. The number of ether oxygens (including phenoxy) is 1. The normalized spacial score (nSPS) is 11.8. The molecule has 0 radical (unpaired) electrons. The van der Waals surface area contributed by atoms with Gasteiger partial charge in [0.15, 0.2) is 5.71 Å². The maximum Gasteiger partial charge on any atom is 0.273 e. The lowest BCUT2D eigenvalue weighted by Gasteiger charge is -2.12.